The minimum Gasteiger partial charge on any atom is -0.344 e. The zero-order valence-electron chi connectivity index (χ0n) is 17.0. The van der Waals surface area contributed by atoms with Gasteiger partial charge in [0.05, 0.1) is 0 Å². The first-order valence-electron chi connectivity index (χ1n) is 10.3. The first-order valence-corrected chi connectivity index (χ1v) is 10.3. The van der Waals surface area contributed by atoms with Gasteiger partial charge in [0.2, 0.25) is 0 Å². The van der Waals surface area contributed by atoms with Crippen molar-refractivity contribution in [3.8, 4) is 22.3 Å². The van der Waals surface area contributed by atoms with Gasteiger partial charge in [-0.3, -0.25) is 0 Å². The molecule has 0 spiro atoms. The molecule has 0 amide bonds. The topological polar surface area (TPSA) is 3.24 Å². The minimum atomic E-state index is 1.18. The van der Waals surface area contributed by atoms with Crippen LogP contribution in [0, 0.1) is 0 Å². The molecule has 0 aromatic heterocycles. The van der Waals surface area contributed by atoms with Gasteiger partial charge in [0.25, 0.3) is 0 Å². The number of rotatable bonds is 4. The first-order chi connectivity index (χ1) is 14.8. The van der Waals surface area contributed by atoms with Crippen LogP contribution in [0.5, 0.6) is 0 Å². The number of nitrogens with zero attached hydrogens (tertiary/aromatic N) is 1. The van der Waals surface area contributed by atoms with Crippen molar-refractivity contribution in [2.75, 3.05) is 11.9 Å². The summed E-state index contributed by atoms with van der Waals surface area (Å²) in [5, 5.41) is 2.52. The van der Waals surface area contributed by atoms with Gasteiger partial charge in [-0.1, -0.05) is 103 Å². The molecular weight excluding hydrogens is 362 g/mol. The molecule has 0 aliphatic carbocycles. The number of fused-ring (bicyclic) bond motifs is 1. The maximum Gasteiger partial charge on any atom is 0.0487 e. The molecule has 30 heavy (non-hydrogen) atoms. The zero-order valence-corrected chi connectivity index (χ0v) is 17.0. The fraction of sp³-hybridized carbons (Fsp3) is 0.0345. The SMILES string of the molecule is CN(c1ccc2c(-c3ccccc3)cccc2c1)c1ccccc1-c1ccccc1. The van der Waals surface area contributed by atoms with Gasteiger partial charge in [0.15, 0.2) is 0 Å². The molecule has 5 aromatic rings. The number of hydrogen-bond acceptors (Lipinski definition) is 1. The molecule has 0 aliphatic heterocycles. The monoisotopic (exact) mass is 385 g/mol. The predicted octanol–water partition coefficient (Wildman–Crippen LogP) is 7.94. The Morgan fingerprint density at radius 1 is 0.500 bits per heavy atom. The summed E-state index contributed by atoms with van der Waals surface area (Å²) in [7, 11) is 2.14. The number of hydrogen-bond donors (Lipinski definition) is 0. The molecule has 1 nitrogen and oxygen atoms in total. The molecule has 5 rings (SSSR count). The lowest BCUT2D eigenvalue weighted by Crippen LogP contribution is -2.10. The Kier molecular flexibility index (Phi) is 4.78. The van der Waals surface area contributed by atoms with E-state index >= 15 is 0 Å². The van der Waals surface area contributed by atoms with E-state index in [2.05, 4.69) is 133 Å². The van der Waals surface area contributed by atoms with Crippen LogP contribution in [0.1, 0.15) is 0 Å². The molecule has 0 bridgehead atoms. The van der Waals surface area contributed by atoms with Crippen LogP contribution in [-0.2, 0) is 0 Å². The predicted molar refractivity (Wildman–Crippen MR) is 129 cm³/mol. The molecule has 0 fully saturated rings. The summed E-state index contributed by atoms with van der Waals surface area (Å²) >= 11 is 0. The van der Waals surface area contributed by atoms with Crippen molar-refractivity contribution in [2.45, 2.75) is 0 Å². The zero-order chi connectivity index (χ0) is 20.3. The van der Waals surface area contributed by atoms with Crippen LogP contribution in [-0.4, -0.2) is 7.05 Å². The highest BCUT2D eigenvalue weighted by atomic mass is 15.1. The van der Waals surface area contributed by atoms with Crippen LogP contribution in [0.4, 0.5) is 11.4 Å². The molecule has 144 valence electrons. The second kappa shape index (κ2) is 7.88. The van der Waals surface area contributed by atoms with E-state index in [0.29, 0.717) is 0 Å². The third-order valence-corrected chi connectivity index (χ3v) is 5.69. The van der Waals surface area contributed by atoms with Crippen molar-refractivity contribution in [3.63, 3.8) is 0 Å². The van der Waals surface area contributed by atoms with Gasteiger partial charge < -0.3 is 4.90 Å². The Morgan fingerprint density at radius 2 is 1.10 bits per heavy atom. The smallest absolute Gasteiger partial charge is 0.0487 e. The molecule has 5 aromatic carbocycles. The van der Waals surface area contributed by atoms with Gasteiger partial charge in [0.1, 0.15) is 0 Å². The molecule has 0 N–H and O–H groups in total. The molecule has 0 unspecified atom stereocenters. The molecule has 0 saturated carbocycles. The average molecular weight is 386 g/mol. The van der Waals surface area contributed by atoms with Gasteiger partial charge >= 0.3 is 0 Å². The van der Waals surface area contributed by atoms with E-state index in [0.717, 1.165) is 0 Å². The molecular formula is C29H23N. The van der Waals surface area contributed by atoms with E-state index in [1.807, 2.05) is 0 Å². The van der Waals surface area contributed by atoms with E-state index in [-0.39, 0.29) is 0 Å². The second-order valence-corrected chi connectivity index (χ2v) is 7.52. The van der Waals surface area contributed by atoms with Gasteiger partial charge in [-0.05, 0) is 45.7 Å². The number of benzene rings is 5. The molecule has 0 aliphatic rings. The van der Waals surface area contributed by atoms with Crippen molar-refractivity contribution in [3.05, 3.63) is 121 Å². The van der Waals surface area contributed by atoms with Crippen LogP contribution >= 0.6 is 0 Å². The van der Waals surface area contributed by atoms with Crippen molar-refractivity contribution < 1.29 is 0 Å². The van der Waals surface area contributed by atoms with E-state index < -0.39 is 0 Å². The highest BCUT2D eigenvalue weighted by Crippen LogP contribution is 2.36. The van der Waals surface area contributed by atoms with Crippen LogP contribution in [0.15, 0.2) is 121 Å². The Morgan fingerprint density at radius 3 is 1.83 bits per heavy atom. The number of anilines is 2. The van der Waals surface area contributed by atoms with E-state index in [1.54, 1.807) is 0 Å². The van der Waals surface area contributed by atoms with Crippen molar-refractivity contribution in [1.82, 2.24) is 0 Å². The van der Waals surface area contributed by atoms with Crippen molar-refractivity contribution >= 4 is 22.1 Å². The highest BCUT2D eigenvalue weighted by Gasteiger charge is 2.12. The molecule has 0 radical (unpaired) electrons. The fourth-order valence-electron chi connectivity index (χ4n) is 4.12. The third-order valence-electron chi connectivity index (χ3n) is 5.69. The van der Waals surface area contributed by atoms with Crippen molar-refractivity contribution in [1.29, 1.82) is 0 Å². The summed E-state index contributed by atoms with van der Waals surface area (Å²) in [6.45, 7) is 0. The maximum absolute atomic E-state index is 2.28. The van der Waals surface area contributed by atoms with Crippen LogP contribution < -0.4 is 4.90 Å². The summed E-state index contributed by atoms with van der Waals surface area (Å²) in [5.74, 6) is 0. The van der Waals surface area contributed by atoms with Gasteiger partial charge in [-0.2, -0.15) is 0 Å². The quantitative estimate of drug-likeness (QED) is 0.303. The minimum absolute atomic E-state index is 1.18. The Labute approximate surface area is 177 Å². The summed E-state index contributed by atoms with van der Waals surface area (Å²) in [4.78, 5) is 2.27. The van der Waals surface area contributed by atoms with E-state index in [9.17, 15) is 0 Å². The van der Waals surface area contributed by atoms with Crippen LogP contribution in [0.3, 0.4) is 0 Å². The molecule has 0 heterocycles. The number of para-hydroxylation sites is 1. The first kappa shape index (κ1) is 18.2. The second-order valence-electron chi connectivity index (χ2n) is 7.52. The fourth-order valence-corrected chi connectivity index (χ4v) is 4.12. The summed E-state index contributed by atoms with van der Waals surface area (Å²) in [5.41, 5.74) is 7.36. The highest BCUT2D eigenvalue weighted by molar-refractivity contribution is 5.98. The maximum atomic E-state index is 2.28. The molecule has 1 heteroatoms. The summed E-state index contributed by atoms with van der Waals surface area (Å²) in [6, 6.07) is 43.0. The summed E-state index contributed by atoms with van der Waals surface area (Å²) in [6.07, 6.45) is 0. The van der Waals surface area contributed by atoms with E-state index in [4.69, 9.17) is 0 Å². The van der Waals surface area contributed by atoms with E-state index in [1.165, 1.54) is 44.4 Å². The van der Waals surface area contributed by atoms with Gasteiger partial charge in [-0.25, -0.2) is 0 Å². The van der Waals surface area contributed by atoms with Crippen LogP contribution in [0.25, 0.3) is 33.0 Å². The normalized spacial score (nSPS) is 10.8. The molecule has 0 atom stereocenters. The average Bonchev–Trinajstić information content (AvgIpc) is 2.84. The van der Waals surface area contributed by atoms with Gasteiger partial charge in [0, 0.05) is 24.0 Å². The third kappa shape index (κ3) is 3.35. The molecule has 0 saturated heterocycles. The van der Waals surface area contributed by atoms with Crippen LogP contribution in [0.2, 0.25) is 0 Å². The van der Waals surface area contributed by atoms with Crippen molar-refractivity contribution in [2.24, 2.45) is 0 Å². The van der Waals surface area contributed by atoms with Gasteiger partial charge in [-0.15, -0.1) is 0 Å². The standard InChI is InChI=1S/C29H23N/c1-30(29-18-9-8-16-28(29)23-13-6-3-7-14-23)25-19-20-27-24(21-25)15-10-17-26(27)22-11-4-2-5-12-22/h2-21H,1H3. The lowest BCUT2D eigenvalue weighted by Gasteiger charge is -2.23. The lowest BCUT2D eigenvalue weighted by atomic mass is 9.97. The lowest BCUT2D eigenvalue weighted by molar-refractivity contribution is 1.21. The largest absolute Gasteiger partial charge is 0.344 e. The Bertz CT molecular complexity index is 1290. The Balaban J connectivity index is 1.58. The summed E-state index contributed by atoms with van der Waals surface area (Å²) < 4.78 is 0. The Hall–Kier alpha value is -3.84.